The van der Waals surface area contributed by atoms with Crippen molar-refractivity contribution in [3.05, 3.63) is 11.4 Å². The Bertz CT molecular complexity index is 647. The van der Waals surface area contributed by atoms with Crippen molar-refractivity contribution in [2.24, 2.45) is 5.92 Å². The number of carbonyl (C=O) groups is 1. The number of carbonyl (C=O) groups excluding carboxylic acids is 1. The first-order valence-corrected chi connectivity index (χ1v) is 9.16. The number of hydrogen-bond donors (Lipinski definition) is 2. The summed E-state index contributed by atoms with van der Waals surface area (Å²) in [6, 6.07) is 0. The van der Waals surface area contributed by atoms with Crippen molar-refractivity contribution in [1.82, 2.24) is 15.5 Å². The summed E-state index contributed by atoms with van der Waals surface area (Å²) in [5.41, 5.74) is 0.296. The van der Waals surface area contributed by atoms with Crippen LogP contribution >= 0.6 is 10.7 Å². The lowest BCUT2D eigenvalue weighted by Gasteiger charge is -2.08. The second kappa shape index (κ2) is 5.58. The largest absolute Gasteiger partial charge is 0.381 e. The van der Waals surface area contributed by atoms with Gasteiger partial charge >= 0.3 is 0 Å². The zero-order valence-corrected chi connectivity index (χ0v) is 12.8. The smallest absolute Gasteiger partial charge is 0.273 e. The van der Waals surface area contributed by atoms with Gasteiger partial charge in [0.15, 0.2) is 5.69 Å². The molecule has 0 radical (unpaired) electrons. The first-order chi connectivity index (χ1) is 9.97. The number of aromatic nitrogens is 2. The van der Waals surface area contributed by atoms with Crippen molar-refractivity contribution in [1.29, 1.82) is 0 Å². The Morgan fingerprint density at radius 1 is 1.43 bits per heavy atom. The highest BCUT2D eigenvalue weighted by Crippen LogP contribution is 2.43. The van der Waals surface area contributed by atoms with E-state index in [1.165, 1.54) is 0 Å². The normalized spacial score (nSPS) is 22.4. The lowest BCUT2D eigenvalue weighted by atomic mass is 10.1. The standard InChI is InChI=1S/C12H16ClN3O4S/c13-21(18,19)11-9(8-1-2-8)15-16-10(11)12(17)14-5-7-3-4-20-6-7/h7-8H,1-6H2,(H,14,17)(H,15,16). The predicted molar refractivity (Wildman–Crippen MR) is 74.9 cm³/mol. The highest BCUT2D eigenvalue weighted by Gasteiger charge is 2.36. The van der Waals surface area contributed by atoms with Crippen molar-refractivity contribution in [3.63, 3.8) is 0 Å². The Morgan fingerprint density at radius 3 is 2.76 bits per heavy atom. The number of amides is 1. The third kappa shape index (κ3) is 3.22. The second-order valence-corrected chi connectivity index (χ2v) is 7.97. The van der Waals surface area contributed by atoms with Crippen molar-refractivity contribution in [2.75, 3.05) is 19.8 Å². The van der Waals surface area contributed by atoms with Gasteiger partial charge in [-0.3, -0.25) is 9.89 Å². The van der Waals surface area contributed by atoms with Crippen LogP contribution in [0.2, 0.25) is 0 Å². The predicted octanol–water partition coefficient (Wildman–Crippen LogP) is 0.981. The van der Waals surface area contributed by atoms with E-state index in [9.17, 15) is 13.2 Å². The van der Waals surface area contributed by atoms with Crippen molar-refractivity contribution >= 4 is 25.6 Å². The fraction of sp³-hybridized carbons (Fsp3) is 0.667. The molecule has 1 saturated carbocycles. The van der Waals surface area contributed by atoms with Gasteiger partial charge in [0.05, 0.1) is 12.3 Å². The number of aromatic amines is 1. The average Bonchev–Trinajstić information content (AvgIpc) is 2.96. The van der Waals surface area contributed by atoms with E-state index < -0.39 is 15.0 Å². The van der Waals surface area contributed by atoms with Crippen LogP contribution in [0.5, 0.6) is 0 Å². The maximum absolute atomic E-state index is 12.2. The number of halogens is 1. The fourth-order valence-electron chi connectivity index (χ4n) is 2.46. The summed E-state index contributed by atoms with van der Waals surface area (Å²) in [7, 11) is 1.45. The molecule has 0 spiro atoms. The average molecular weight is 334 g/mol. The molecule has 1 saturated heterocycles. The molecular formula is C12H16ClN3O4S. The minimum Gasteiger partial charge on any atom is -0.381 e. The Morgan fingerprint density at radius 2 is 2.19 bits per heavy atom. The third-order valence-electron chi connectivity index (χ3n) is 3.77. The molecule has 0 aromatic carbocycles. The number of nitrogens with zero attached hydrogens (tertiary/aromatic N) is 1. The van der Waals surface area contributed by atoms with Gasteiger partial charge in [-0.2, -0.15) is 5.10 Å². The molecule has 116 valence electrons. The third-order valence-corrected chi connectivity index (χ3v) is 5.13. The number of H-pyrrole nitrogens is 1. The van der Waals surface area contributed by atoms with Gasteiger partial charge in [0, 0.05) is 35.7 Å². The molecule has 3 rings (SSSR count). The summed E-state index contributed by atoms with van der Waals surface area (Å²) in [6.45, 7) is 1.73. The van der Waals surface area contributed by atoms with Crippen molar-refractivity contribution in [2.45, 2.75) is 30.1 Å². The summed E-state index contributed by atoms with van der Waals surface area (Å²) in [4.78, 5) is 12.0. The van der Waals surface area contributed by atoms with Gasteiger partial charge in [-0.1, -0.05) is 0 Å². The summed E-state index contributed by atoms with van der Waals surface area (Å²) in [5, 5.41) is 9.21. The molecule has 2 aliphatic rings. The summed E-state index contributed by atoms with van der Waals surface area (Å²) in [5.74, 6) is -0.165. The van der Waals surface area contributed by atoms with Crippen LogP contribution in [-0.4, -0.2) is 44.3 Å². The number of ether oxygens (including phenoxy) is 1. The van der Waals surface area contributed by atoms with Crippen LogP contribution in [0.1, 0.15) is 41.4 Å². The number of hydrogen-bond acceptors (Lipinski definition) is 5. The van der Waals surface area contributed by atoms with E-state index in [-0.39, 0.29) is 22.4 Å². The SMILES string of the molecule is O=C(NCC1CCOC1)c1n[nH]c(C2CC2)c1S(=O)(=O)Cl. The van der Waals surface area contributed by atoms with E-state index in [4.69, 9.17) is 15.4 Å². The topological polar surface area (TPSA) is 101 Å². The molecule has 1 atom stereocenters. The van der Waals surface area contributed by atoms with Crippen LogP contribution in [0.3, 0.4) is 0 Å². The van der Waals surface area contributed by atoms with E-state index in [2.05, 4.69) is 15.5 Å². The molecule has 2 N–H and O–H groups in total. The zero-order valence-electron chi connectivity index (χ0n) is 11.3. The maximum atomic E-state index is 12.2. The molecule has 21 heavy (non-hydrogen) atoms. The number of rotatable bonds is 5. The lowest BCUT2D eigenvalue weighted by Crippen LogP contribution is -2.30. The molecular weight excluding hydrogens is 318 g/mol. The zero-order chi connectivity index (χ0) is 15.0. The monoisotopic (exact) mass is 333 g/mol. The van der Waals surface area contributed by atoms with E-state index >= 15 is 0 Å². The van der Waals surface area contributed by atoms with Crippen molar-refractivity contribution in [3.8, 4) is 0 Å². The van der Waals surface area contributed by atoms with Crippen LogP contribution in [0.15, 0.2) is 4.90 Å². The first kappa shape index (κ1) is 14.8. The molecule has 0 bridgehead atoms. The van der Waals surface area contributed by atoms with Gasteiger partial charge in [0.1, 0.15) is 4.90 Å². The van der Waals surface area contributed by atoms with Gasteiger partial charge in [-0.15, -0.1) is 0 Å². The molecule has 1 aromatic rings. The molecule has 1 aliphatic heterocycles. The minimum atomic E-state index is -4.02. The molecule has 2 fully saturated rings. The molecule has 9 heteroatoms. The Hall–Kier alpha value is -1.12. The van der Waals surface area contributed by atoms with Crippen LogP contribution in [0.4, 0.5) is 0 Å². The van der Waals surface area contributed by atoms with Crippen LogP contribution in [0, 0.1) is 5.92 Å². The Balaban J connectivity index is 1.79. The second-order valence-electron chi connectivity index (χ2n) is 5.47. The molecule has 1 amide bonds. The summed E-state index contributed by atoms with van der Waals surface area (Å²) < 4.78 is 28.7. The summed E-state index contributed by atoms with van der Waals surface area (Å²) in [6.07, 6.45) is 2.64. The lowest BCUT2D eigenvalue weighted by molar-refractivity contribution is 0.0936. The van der Waals surface area contributed by atoms with Crippen LogP contribution < -0.4 is 5.32 Å². The summed E-state index contributed by atoms with van der Waals surface area (Å²) >= 11 is 0. The van der Waals surface area contributed by atoms with Gasteiger partial charge < -0.3 is 10.1 Å². The maximum Gasteiger partial charge on any atom is 0.273 e. The van der Waals surface area contributed by atoms with E-state index in [0.717, 1.165) is 19.3 Å². The van der Waals surface area contributed by atoms with Gasteiger partial charge in [0.2, 0.25) is 0 Å². The van der Waals surface area contributed by atoms with Gasteiger partial charge in [0.25, 0.3) is 15.0 Å². The van der Waals surface area contributed by atoms with Crippen molar-refractivity contribution < 1.29 is 17.9 Å². The highest BCUT2D eigenvalue weighted by molar-refractivity contribution is 8.13. The Kier molecular flexibility index (Phi) is 3.94. The highest BCUT2D eigenvalue weighted by atomic mass is 35.7. The van der Waals surface area contributed by atoms with Gasteiger partial charge in [-0.25, -0.2) is 8.42 Å². The van der Waals surface area contributed by atoms with E-state index in [0.29, 0.717) is 25.5 Å². The quantitative estimate of drug-likeness (QED) is 0.782. The molecule has 7 nitrogen and oxygen atoms in total. The molecule has 1 aromatic heterocycles. The molecule has 2 heterocycles. The molecule has 1 unspecified atom stereocenters. The first-order valence-electron chi connectivity index (χ1n) is 6.85. The van der Waals surface area contributed by atoms with E-state index in [1.807, 2.05) is 0 Å². The Labute approximate surface area is 126 Å². The van der Waals surface area contributed by atoms with Crippen LogP contribution in [0.25, 0.3) is 0 Å². The van der Waals surface area contributed by atoms with Gasteiger partial charge in [-0.05, 0) is 19.3 Å². The minimum absolute atomic E-state index is 0.103. The van der Waals surface area contributed by atoms with E-state index in [1.54, 1.807) is 0 Å². The number of nitrogens with one attached hydrogen (secondary N) is 2. The van der Waals surface area contributed by atoms with Crippen LogP contribution in [-0.2, 0) is 13.8 Å². The fourth-order valence-corrected chi connectivity index (χ4v) is 3.77. The molecule has 1 aliphatic carbocycles.